The molecule has 0 saturated carbocycles. The van der Waals surface area contributed by atoms with E-state index in [1.807, 2.05) is 0 Å². The molecule has 1 aromatic carbocycles. The molecule has 1 aliphatic rings. The van der Waals surface area contributed by atoms with E-state index < -0.39 is 0 Å². The summed E-state index contributed by atoms with van der Waals surface area (Å²) in [5.41, 5.74) is 6.92. The van der Waals surface area contributed by atoms with Gasteiger partial charge >= 0.3 is 0 Å². The fourth-order valence-electron chi connectivity index (χ4n) is 2.34. The molecule has 0 bridgehead atoms. The molecule has 17 heavy (non-hydrogen) atoms. The molecule has 1 aliphatic heterocycles. The van der Waals surface area contributed by atoms with E-state index in [2.05, 4.69) is 27.8 Å². The predicted molar refractivity (Wildman–Crippen MR) is 71.1 cm³/mol. The van der Waals surface area contributed by atoms with Crippen molar-refractivity contribution < 1.29 is 4.39 Å². The molecule has 2 atom stereocenters. The minimum absolute atomic E-state index is 0.175. The monoisotopic (exact) mass is 300 g/mol. The van der Waals surface area contributed by atoms with Gasteiger partial charge in [0.1, 0.15) is 5.82 Å². The van der Waals surface area contributed by atoms with Crippen LogP contribution in [0.3, 0.4) is 0 Å². The maximum absolute atomic E-state index is 13.2. The SMILES string of the molecule is C[C@H](N)[C@H]1CCN(Cc2cc(F)ccc2Br)C1. The third-order valence-corrected chi connectivity index (χ3v) is 4.23. The maximum atomic E-state index is 13.2. The van der Waals surface area contributed by atoms with E-state index in [1.54, 1.807) is 12.1 Å². The first-order valence-electron chi connectivity index (χ1n) is 5.98. The number of benzene rings is 1. The minimum atomic E-state index is -0.175. The van der Waals surface area contributed by atoms with Crippen LogP contribution in [-0.4, -0.2) is 24.0 Å². The molecule has 0 aliphatic carbocycles. The van der Waals surface area contributed by atoms with Crippen LogP contribution in [0.25, 0.3) is 0 Å². The molecular formula is C13H18BrFN2. The van der Waals surface area contributed by atoms with E-state index >= 15 is 0 Å². The van der Waals surface area contributed by atoms with Crippen LogP contribution in [0, 0.1) is 11.7 Å². The Morgan fingerprint density at radius 1 is 1.59 bits per heavy atom. The summed E-state index contributed by atoms with van der Waals surface area (Å²) in [7, 11) is 0. The molecule has 0 spiro atoms. The van der Waals surface area contributed by atoms with Gasteiger partial charge in [-0.05, 0) is 49.6 Å². The second-order valence-electron chi connectivity index (χ2n) is 4.88. The third kappa shape index (κ3) is 3.27. The standard InChI is InChI=1S/C13H18BrFN2/c1-9(16)10-4-5-17(7-10)8-11-6-12(15)2-3-13(11)14/h2-3,6,9-10H,4-5,7-8,16H2,1H3/t9-,10-/m0/s1. The minimum Gasteiger partial charge on any atom is -0.328 e. The van der Waals surface area contributed by atoms with Crippen molar-refractivity contribution in [3.63, 3.8) is 0 Å². The normalized spacial score (nSPS) is 22.9. The van der Waals surface area contributed by atoms with E-state index in [0.717, 1.165) is 36.1 Å². The zero-order valence-corrected chi connectivity index (χ0v) is 11.6. The molecular weight excluding hydrogens is 283 g/mol. The first-order valence-corrected chi connectivity index (χ1v) is 6.77. The van der Waals surface area contributed by atoms with Gasteiger partial charge in [0.05, 0.1) is 0 Å². The van der Waals surface area contributed by atoms with Crippen molar-refractivity contribution in [2.45, 2.75) is 25.9 Å². The average Bonchev–Trinajstić information content (AvgIpc) is 2.72. The molecule has 2 N–H and O–H groups in total. The van der Waals surface area contributed by atoms with E-state index in [4.69, 9.17) is 5.73 Å². The van der Waals surface area contributed by atoms with Gasteiger partial charge < -0.3 is 5.73 Å². The number of hydrogen-bond acceptors (Lipinski definition) is 2. The van der Waals surface area contributed by atoms with Gasteiger partial charge in [0, 0.05) is 23.6 Å². The van der Waals surface area contributed by atoms with E-state index in [1.165, 1.54) is 6.07 Å². The second kappa shape index (κ2) is 5.46. The van der Waals surface area contributed by atoms with Crippen LogP contribution in [0.4, 0.5) is 4.39 Å². The summed E-state index contributed by atoms with van der Waals surface area (Å²) in [5.74, 6) is 0.397. The molecule has 2 nitrogen and oxygen atoms in total. The number of nitrogens with zero attached hydrogens (tertiary/aromatic N) is 1. The Morgan fingerprint density at radius 3 is 3.00 bits per heavy atom. The Bertz CT molecular complexity index is 395. The lowest BCUT2D eigenvalue weighted by Crippen LogP contribution is -2.29. The van der Waals surface area contributed by atoms with Crippen molar-refractivity contribution in [3.05, 3.63) is 34.1 Å². The van der Waals surface area contributed by atoms with Crippen LogP contribution >= 0.6 is 15.9 Å². The summed E-state index contributed by atoms with van der Waals surface area (Å²) >= 11 is 3.46. The van der Waals surface area contributed by atoms with Gasteiger partial charge in [-0.15, -0.1) is 0 Å². The summed E-state index contributed by atoms with van der Waals surface area (Å²) in [5, 5.41) is 0. The lowest BCUT2D eigenvalue weighted by Gasteiger charge is -2.18. The highest BCUT2D eigenvalue weighted by atomic mass is 79.9. The van der Waals surface area contributed by atoms with Crippen molar-refractivity contribution in [1.29, 1.82) is 0 Å². The third-order valence-electron chi connectivity index (χ3n) is 3.45. The Kier molecular flexibility index (Phi) is 4.17. The molecule has 0 aromatic heterocycles. The highest BCUT2D eigenvalue weighted by Gasteiger charge is 2.25. The zero-order valence-electron chi connectivity index (χ0n) is 10.00. The number of hydrogen-bond donors (Lipinski definition) is 1. The number of likely N-dealkylation sites (tertiary alicyclic amines) is 1. The molecule has 0 amide bonds. The van der Waals surface area contributed by atoms with Crippen molar-refractivity contribution in [2.75, 3.05) is 13.1 Å². The molecule has 4 heteroatoms. The first kappa shape index (κ1) is 13.0. The van der Waals surface area contributed by atoms with Crippen LogP contribution in [-0.2, 0) is 6.54 Å². The molecule has 94 valence electrons. The van der Waals surface area contributed by atoms with Gasteiger partial charge in [-0.1, -0.05) is 15.9 Å². The van der Waals surface area contributed by atoms with Crippen LogP contribution in [0.5, 0.6) is 0 Å². The predicted octanol–water partition coefficient (Wildman–Crippen LogP) is 2.76. The molecule has 1 heterocycles. The lowest BCUT2D eigenvalue weighted by molar-refractivity contribution is 0.307. The first-order chi connectivity index (χ1) is 8.06. The molecule has 0 radical (unpaired) electrons. The van der Waals surface area contributed by atoms with E-state index in [9.17, 15) is 4.39 Å². The fraction of sp³-hybridized carbons (Fsp3) is 0.538. The highest BCUT2D eigenvalue weighted by molar-refractivity contribution is 9.10. The molecule has 1 saturated heterocycles. The molecule has 2 rings (SSSR count). The Morgan fingerprint density at radius 2 is 2.35 bits per heavy atom. The molecule has 1 aromatic rings. The summed E-state index contributed by atoms with van der Waals surface area (Å²) in [6.07, 6.45) is 1.14. The zero-order chi connectivity index (χ0) is 12.4. The average molecular weight is 301 g/mol. The Labute approximate surface area is 110 Å². The second-order valence-corrected chi connectivity index (χ2v) is 5.73. The number of nitrogens with two attached hydrogens (primary N) is 1. The van der Waals surface area contributed by atoms with Crippen LogP contribution in [0.1, 0.15) is 18.9 Å². The van der Waals surface area contributed by atoms with Gasteiger partial charge in [-0.2, -0.15) is 0 Å². The van der Waals surface area contributed by atoms with E-state index in [-0.39, 0.29) is 11.9 Å². The quantitative estimate of drug-likeness (QED) is 0.930. The van der Waals surface area contributed by atoms with Crippen molar-refractivity contribution in [2.24, 2.45) is 11.7 Å². The lowest BCUT2D eigenvalue weighted by atomic mass is 10.0. The maximum Gasteiger partial charge on any atom is 0.123 e. The molecule has 1 fully saturated rings. The van der Waals surface area contributed by atoms with Crippen LogP contribution in [0.2, 0.25) is 0 Å². The number of rotatable bonds is 3. The van der Waals surface area contributed by atoms with Gasteiger partial charge in [-0.25, -0.2) is 4.39 Å². The summed E-state index contributed by atoms with van der Waals surface area (Å²) in [6.45, 7) is 4.92. The summed E-state index contributed by atoms with van der Waals surface area (Å²) in [6, 6.07) is 5.09. The molecule has 0 unspecified atom stereocenters. The van der Waals surface area contributed by atoms with Crippen LogP contribution < -0.4 is 5.73 Å². The topological polar surface area (TPSA) is 29.3 Å². The Balaban J connectivity index is 2.00. The van der Waals surface area contributed by atoms with Crippen molar-refractivity contribution >= 4 is 15.9 Å². The number of halogens is 2. The summed E-state index contributed by atoms with van der Waals surface area (Å²) < 4.78 is 14.1. The smallest absolute Gasteiger partial charge is 0.123 e. The van der Waals surface area contributed by atoms with Gasteiger partial charge in [0.25, 0.3) is 0 Å². The van der Waals surface area contributed by atoms with Gasteiger partial charge in [0.2, 0.25) is 0 Å². The Hall–Kier alpha value is -0.450. The van der Waals surface area contributed by atoms with Crippen molar-refractivity contribution in [3.8, 4) is 0 Å². The largest absolute Gasteiger partial charge is 0.328 e. The van der Waals surface area contributed by atoms with Gasteiger partial charge in [-0.3, -0.25) is 4.90 Å². The van der Waals surface area contributed by atoms with Crippen molar-refractivity contribution in [1.82, 2.24) is 4.90 Å². The highest BCUT2D eigenvalue weighted by Crippen LogP contribution is 2.24. The fourth-order valence-corrected chi connectivity index (χ4v) is 2.71. The summed E-state index contributed by atoms with van der Waals surface area (Å²) in [4.78, 5) is 2.34. The van der Waals surface area contributed by atoms with Gasteiger partial charge in [0.15, 0.2) is 0 Å². The van der Waals surface area contributed by atoms with Crippen LogP contribution in [0.15, 0.2) is 22.7 Å². The van der Waals surface area contributed by atoms with E-state index in [0.29, 0.717) is 5.92 Å².